The molecule has 3 rings (SSSR count). The predicted octanol–water partition coefficient (Wildman–Crippen LogP) is 5.43. The van der Waals surface area contributed by atoms with E-state index < -0.39 is 0 Å². The zero-order valence-electron chi connectivity index (χ0n) is 16.5. The topological polar surface area (TPSA) is 38.3 Å². The first-order chi connectivity index (χ1) is 13.6. The standard InChI is InChI=1S/C25H27NO2/c1-19(2)28-23-15-13-21(14-16-23)24(20-9-5-3-6-10-20)17-18-26-25(27)22-11-7-4-8-12-22/h3-16,19,24H,17-18H2,1-2H3,(H,26,27). The number of hydrogen-bond acceptors (Lipinski definition) is 2. The van der Waals surface area contributed by atoms with Crippen LogP contribution in [0.1, 0.15) is 47.7 Å². The fourth-order valence-electron chi connectivity index (χ4n) is 3.28. The van der Waals surface area contributed by atoms with E-state index in [1.165, 1.54) is 11.1 Å². The zero-order chi connectivity index (χ0) is 19.8. The monoisotopic (exact) mass is 373 g/mol. The molecule has 3 aromatic rings. The van der Waals surface area contributed by atoms with Gasteiger partial charge in [-0.15, -0.1) is 0 Å². The Morgan fingerprint density at radius 1 is 0.821 bits per heavy atom. The number of nitrogens with one attached hydrogen (secondary N) is 1. The minimum atomic E-state index is -0.0342. The molecule has 0 aliphatic rings. The van der Waals surface area contributed by atoms with Gasteiger partial charge in [0.1, 0.15) is 5.75 Å². The van der Waals surface area contributed by atoms with Crippen molar-refractivity contribution in [1.29, 1.82) is 0 Å². The minimum Gasteiger partial charge on any atom is -0.491 e. The maximum Gasteiger partial charge on any atom is 0.251 e. The summed E-state index contributed by atoms with van der Waals surface area (Å²) < 4.78 is 5.76. The fraction of sp³-hybridized carbons (Fsp3) is 0.240. The number of ether oxygens (including phenoxy) is 1. The Morgan fingerprint density at radius 3 is 2.00 bits per heavy atom. The Morgan fingerprint density at radius 2 is 1.39 bits per heavy atom. The van der Waals surface area contributed by atoms with Crippen LogP contribution in [0.4, 0.5) is 0 Å². The first kappa shape index (κ1) is 19.7. The van der Waals surface area contributed by atoms with Crippen molar-refractivity contribution < 1.29 is 9.53 Å². The normalized spacial score (nSPS) is 11.8. The summed E-state index contributed by atoms with van der Waals surface area (Å²) in [6.45, 7) is 4.66. The Kier molecular flexibility index (Phi) is 6.85. The maximum absolute atomic E-state index is 12.3. The van der Waals surface area contributed by atoms with Gasteiger partial charge in [0.2, 0.25) is 0 Å². The number of hydrogen-bond donors (Lipinski definition) is 1. The van der Waals surface area contributed by atoms with Crippen LogP contribution in [0.2, 0.25) is 0 Å². The average Bonchev–Trinajstić information content (AvgIpc) is 2.73. The molecule has 3 heteroatoms. The largest absolute Gasteiger partial charge is 0.491 e. The zero-order valence-corrected chi connectivity index (χ0v) is 16.5. The number of carbonyl (C=O) groups excluding carboxylic acids is 1. The van der Waals surface area contributed by atoms with Crippen LogP contribution < -0.4 is 10.1 Å². The van der Waals surface area contributed by atoms with Crippen molar-refractivity contribution in [3.8, 4) is 5.75 Å². The van der Waals surface area contributed by atoms with Crippen LogP contribution >= 0.6 is 0 Å². The summed E-state index contributed by atoms with van der Waals surface area (Å²) in [7, 11) is 0. The first-order valence-corrected chi connectivity index (χ1v) is 9.78. The summed E-state index contributed by atoms with van der Waals surface area (Å²) in [6, 6.07) is 28.0. The minimum absolute atomic E-state index is 0.0342. The average molecular weight is 373 g/mol. The van der Waals surface area contributed by atoms with Crippen LogP contribution in [0.5, 0.6) is 5.75 Å². The van der Waals surface area contributed by atoms with E-state index >= 15 is 0 Å². The van der Waals surface area contributed by atoms with E-state index in [0.717, 1.165) is 12.2 Å². The van der Waals surface area contributed by atoms with Gasteiger partial charge in [-0.1, -0.05) is 60.7 Å². The van der Waals surface area contributed by atoms with Crippen LogP contribution in [0.3, 0.4) is 0 Å². The van der Waals surface area contributed by atoms with Crippen molar-refractivity contribution in [3.05, 3.63) is 102 Å². The molecule has 0 spiro atoms. The van der Waals surface area contributed by atoms with E-state index in [1.54, 1.807) is 0 Å². The molecular weight excluding hydrogens is 346 g/mol. The van der Waals surface area contributed by atoms with Crippen LogP contribution in [0.15, 0.2) is 84.9 Å². The van der Waals surface area contributed by atoms with Crippen LogP contribution in [-0.4, -0.2) is 18.6 Å². The Labute approximate surface area is 167 Å². The van der Waals surface area contributed by atoms with Gasteiger partial charge in [0.15, 0.2) is 0 Å². The molecule has 1 N–H and O–H groups in total. The lowest BCUT2D eigenvalue weighted by Crippen LogP contribution is -2.25. The molecular formula is C25H27NO2. The Hall–Kier alpha value is -3.07. The van der Waals surface area contributed by atoms with Gasteiger partial charge in [-0.3, -0.25) is 4.79 Å². The molecule has 1 amide bonds. The SMILES string of the molecule is CC(C)Oc1ccc(C(CCNC(=O)c2ccccc2)c2ccccc2)cc1. The second-order valence-electron chi connectivity index (χ2n) is 7.11. The molecule has 28 heavy (non-hydrogen) atoms. The van der Waals surface area contributed by atoms with Gasteiger partial charge in [0, 0.05) is 18.0 Å². The number of carbonyl (C=O) groups is 1. The lowest BCUT2D eigenvalue weighted by Gasteiger charge is -2.19. The van der Waals surface area contributed by atoms with Crippen LogP contribution in [-0.2, 0) is 0 Å². The van der Waals surface area contributed by atoms with Gasteiger partial charge in [-0.05, 0) is 55.7 Å². The summed E-state index contributed by atoms with van der Waals surface area (Å²) in [5.41, 5.74) is 3.15. The highest BCUT2D eigenvalue weighted by Gasteiger charge is 2.15. The highest BCUT2D eigenvalue weighted by atomic mass is 16.5. The second kappa shape index (κ2) is 9.75. The number of rotatable bonds is 8. The van der Waals surface area contributed by atoms with Gasteiger partial charge < -0.3 is 10.1 Å². The molecule has 0 aliphatic heterocycles. The summed E-state index contributed by atoms with van der Waals surface area (Å²) >= 11 is 0. The molecule has 3 nitrogen and oxygen atoms in total. The molecule has 3 aromatic carbocycles. The lowest BCUT2D eigenvalue weighted by molar-refractivity contribution is 0.0953. The third-order valence-electron chi connectivity index (χ3n) is 4.61. The van der Waals surface area contributed by atoms with Gasteiger partial charge >= 0.3 is 0 Å². The second-order valence-corrected chi connectivity index (χ2v) is 7.11. The van der Waals surface area contributed by atoms with Gasteiger partial charge in [0.25, 0.3) is 5.91 Å². The summed E-state index contributed by atoms with van der Waals surface area (Å²) in [5, 5.41) is 3.04. The van der Waals surface area contributed by atoms with Crippen molar-refractivity contribution in [2.75, 3.05) is 6.54 Å². The van der Waals surface area contributed by atoms with Gasteiger partial charge in [-0.25, -0.2) is 0 Å². The fourth-order valence-corrected chi connectivity index (χ4v) is 3.28. The van der Waals surface area contributed by atoms with E-state index in [-0.39, 0.29) is 17.9 Å². The molecule has 0 heterocycles. The van der Waals surface area contributed by atoms with E-state index in [9.17, 15) is 4.79 Å². The lowest BCUT2D eigenvalue weighted by atomic mass is 9.88. The van der Waals surface area contributed by atoms with Crippen molar-refractivity contribution >= 4 is 5.91 Å². The molecule has 1 atom stereocenters. The smallest absolute Gasteiger partial charge is 0.251 e. The van der Waals surface area contributed by atoms with Crippen LogP contribution in [0.25, 0.3) is 0 Å². The van der Waals surface area contributed by atoms with Crippen molar-refractivity contribution in [1.82, 2.24) is 5.32 Å². The van der Waals surface area contributed by atoms with E-state index in [2.05, 4.69) is 41.7 Å². The summed E-state index contributed by atoms with van der Waals surface area (Å²) in [6.07, 6.45) is 0.983. The Balaban J connectivity index is 1.70. The van der Waals surface area contributed by atoms with Gasteiger partial charge in [-0.2, -0.15) is 0 Å². The van der Waals surface area contributed by atoms with E-state index in [0.29, 0.717) is 12.1 Å². The number of benzene rings is 3. The first-order valence-electron chi connectivity index (χ1n) is 9.78. The van der Waals surface area contributed by atoms with Gasteiger partial charge in [0.05, 0.1) is 6.10 Å². The third kappa shape index (κ3) is 5.46. The molecule has 0 saturated heterocycles. The molecule has 0 saturated carbocycles. The molecule has 0 aromatic heterocycles. The highest BCUT2D eigenvalue weighted by Crippen LogP contribution is 2.29. The predicted molar refractivity (Wildman–Crippen MR) is 114 cm³/mol. The summed E-state index contributed by atoms with van der Waals surface area (Å²) in [5.74, 6) is 1.06. The van der Waals surface area contributed by atoms with Crippen molar-refractivity contribution in [2.24, 2.45) is 0 Å². The quantitative estimate of drug-likeness (QED) is 0.572. The molecule has 0 aliphatic carbocycles. The van der Waals surface area contributed by atoms with Crippen molar-refractivity contribution in [3.63, 3.8) is 0 Å². The molecule has 1 unspecified atom stereocenters. The highest BCUT2D eigenvalue weighted by molar-refractivity contribution is 5.94. The van der Waals surface area contributed by atoms with Crippen LogP contribution in [0, 0.1) is 0 Å². The van der Waals surface area contributed by atoms with E-state index in [1.807, 2.05) is 62.4 Å². The molecule has 0 radical (unpaired) electrons. The van der Waals surface area contributed by atoms with Crippen molar-refractivity contribution in [2.45, 2.75) is 32.3 Å². The number of amides is 1. The maximum atomic E-state index is 12.3. The summed E-state index contributed by atoms with van der Waals surface area (Å²) in [4.78, 5) is 12.3. The third-order valence-corrected chi connectivity index (χ3v) is 4.61. The molecule has 0 bridgehead atoms. The Bertz CT molecular complexity index is 858. The molecule has 0 fully saturated rings. The molecule has 144 valence electrons. The van der Waals surface area contributed by atoms with E-state index in [4.69, 9.17) is 4.74 Å².